The highest BCUT2D eigenvalue weighted by Gasteiger charge is 2.09. The molecule has 2 rings (SSSR count). The van der Waals surface area contributed by atoms with E-state index in [4.69, 9.17) is 0 Å². The number of rotatable bonds is 7. The van der Waals surface area contributed by atoms with Gasteiger partial charge in [0.1, 0.15) is 0 Å². The number of unbranched alkanes of at least 4 members (excludes halogenated alkanes) is 1. The monoisotopic (exact) mass is 302 g/mol. The Hall–Kier alpha value is -1.79. The summed E-state index contributed by atoms with van der Waals surface area (Å²) in [6, 6.07) is 11.2. The van der Waals surface area contributed by atoms with E-state index in [1.54, 1.807) is 0 Å². The van der Waals surface area contributed by atoms with Crippen molar-refractivity contribution in [2.24, 2.45) is 0 Å². The number of hydrogen-bond donors (Lipinski definition) is 2. The molecular formula is C19H30N2O. The Balaban J connectivity index is 0.000000412. The minimum atomic E-state index is 0.752. The first-order chi connectivity index (χ1) is 10.9. The van der Waals surface area contributed by atoms with Crippen molar-refractivity contribution >= 4 is 6.41 Å². The zero-order valence-corrected chi connectivity index (χ0v) is 13.8. The minimum Gasteiger partial charge on any atom is -0.359 e. The maximum Gasteiger partial charge on any atom is 0.207 e. The first-order valence-electron chi connectivity index (χ1n) is 8.14. The Morgan fingerprint density at radius 3 is 2.50 bits per heavy atom. The fourth-order valence-corrected chi connectivity index (χ4v) is 2.36. The molecule has 0 bridgehead atoms. The van der Waals surface area contributed by atoms with Crippen LogP contribution in [-0.4, -0.2) is 25.5 Å². The van der Waals surface area contributed by atoms with Gasteiger partial charge in [-0.25, -0.2) is 0 Å². The van der Waals surface area contributed by atoms with Crippen molar-refractivity contribution < 1.29 is 4.79 Å². The topological polar surface area (TPSA) is 41.1 Å². The van der Waals surface area contributed by atoms with E-state index in [9.17, 15) is 4.79 Å². The van der Waals surface area contributed by atoms with Gasteiger partial charge in [0.05, 0.1) is 0 Å². The van der Waals surface area contributed by atoms with Gasteiger partial charge in [-0.05, 0) is 50.6 Å². The molecule has 0 aliphatic carbocycles. The number of nitrogens with one attached hydrogen (secondary N) is 2. The number of terminal acetylenes is 1. The van der Waals surface area contributed by atoms with Gasteiger partial charge in [-0.2, -0.15) is 0 Å². The van der Waals surface area contributed by atoms with Gasteiger partial charge in [-0.15, -0.1) is 12.8 Å². The molecule has 3 nitrogen and oxygen atoms in total. The largest absolute Gasteiger partial charge is 0.359 e. The van der Waals surface area contributed by atoms with Crippen LogP contribution >= 0.6 is 0 Å². The lowest BCUT2D eigenvalue weighted by molar-refractivity contribution is -0.109. The molecule has 1 aromatic carbocycles. The summed E-state index contributed by atoms with van der Waals surface area (Å²) in [5, 5.41) is 6.06. The second kappa shape index (κ2) is 15.6. The van der Waals surface area contributed by atoms with Gasteiger partial charge in [0.15, 0.2) is 0 Å². The summed E-state index contributed by atoms with van der Waals surface area (Å²) in [6.07, 6.45) is 16.1. The van der Waals surface area contributed by atoms with Crippen LogP contribution in [0.3, 0.4) is 0 Å². The molecule has 0 radical (unpaired) electrons. The second-order valence-corrected chi connectivity index (χ2v) is 5.22. The highest BCUT2D eigenvalue weighted by atomic mass is 16.1. The molecule has 22 heavy (non-hydrogen) atoms. The van der Waals surface area contributed by atoms with E-state index < -0.39 is 0 Å². The first-order valence-corrected chi connectivity index (χ1v) is 8.14. The van der Waals surface area contributed by atoms with Crippen LogP contribution in [0.15, 0.2) is 30.3 Å². The molecule has 1 aliphatic rings. The Morgan fingerprint density at radius 1 is 1.27 bits per heavy atom. The first kappa shape index (κ1) is 20.2. The Morgan fingerprint density at radius 2 is 2.00 bits per heavy atom. The summed E-state index contributed by atoms with van der Waals surface area (Å²) < 4.78 is 0. The highest BCUT2D eigenvalue weighted by molar-refractivity contribution is 5.45. The zero-order chi connectivity index (χ0) is 16.5. The molecule has 1 heterocycles. The molecule has 1 amide bonds. The molecule has 3 heteroatoms. The SMILES string of the molecule is C#C.CCC1CCCN1.O=CNCCCCc1ccccc1. The fourth-order valence-electron chi connectivity index (χ4n) is 2.36. The molecule has 122 valence electrons. The van der Waals surface area contributed by atoms with Gasteiger partial charge in [0.25, 0.3) is 0 Å². The average Bonchev–Trinajstić information content (AvgIpc) is 3.12. The van der Waals surface area contributed by atoms with Crippen LogP contribution in [0, 0.1) is 12.8 Å². The Bertz CT molecular complexity index is 370. The number of carbonyl (C=O) groups excluding carboxylic acids is 1. The number of carbonyl (C=O) groups is 1. The van der Waals surface area contributed by atoms with E-state index in [1.807, 2.05) is 6.07 Å². The van der Waals surface area contributed by atoms with E-state index in [0.29, 0.717) is 0 Å². The van der Waals surface area contributed by atoms with Crippen molar-refractivity contribution in [3.8, 4) is 12.8 Å². The lowest BCUT2D eigenvalue weighted by atomic mass is 10.1. The fraction of sp³-hybridized carbons (Fsp3) is 0.526. The van der Waals surface area contributed by atoms with Gasteiger partial charge in [0.2, 0.25) is 6.41 Å². The van der Waals surface area contributed by atoms with Crippen LogP contribution in [-0.2, 0) is 11.2 Å². The van der Waals surface area contributed by atoms with E-state index in [2.05, 4.69) is 54.7 Å². The molecule has 1 fully saturated rings. The molecule has 1 atom stereocenters. The number of amides is 1. The van der Waals surface area contributed by atoms with Gasteiger partial charge >= 0.3 is 0 Å². The lowest BCUT2D eigenvalue weighted by Crippen LogP contribution is -2.19. The molecular weight excluding hydrogens is 272 g/mol. The number of benzene rings is 1. The third-order valence-corrected chi connectivity index (χ3v) is 3.62. The van der Waals surface area contributed by atoms with Crippen LogP contribution in [0.1, 0.15) is 44.6 Å². The summed E-state index contributed by atoms with van der Waals surface area (Å²) in [5.41, 5.74) is 1.37. The van der Waals surface area contributed by atoms with Gasteiger partial charge in [-0.1, -0.05) is 37.3 Å². The highest BCUT2D eigenvalue weighted by Crippen LogP contribution is 2.06. The van der Waals surface area contributed by atoms with Crippen molar-refractivity contribution in [2.75, 3.05) is 13.1 Å². The predicted molar refractivity (Wildman–Crippen MR) is 94.7 cm³/mol. The van der Waals surface area contributed by atoms with Gasteiger partial charge in [-0.3, -0.25) is 4.79 Å². The average molecular weight is 302 g/mol. The molecule has 1 aliphatic heterocycles. The third kappa shape index (κ3) is 10.9. The van der Waals surface area contributed by atoms with Crippen molar-refractivity contribution in [1.29, 1.82) is 0 Å². The van der Waals surface area contributed by atoms with Gasteiger partial charge in [0, 0.05) is 12.6 Å². The second-order valence-electron chi connectivity index (χ2n) is 5.22. The predicted octanol–water partition coefficient (Wildman–Crippen LogP) is 3.15. The van der Waals surface area contributed by atoms with Crippen LogP contribution < -0.4 is 10.6 Å². The third-order valence-electron chi connectivity index (χ3n) is 3.62. The van der Waals surface area contributed by atoms with E-state index >= 15 is 0 Å². The Kier molecular flexibility index (Phi) is 14.3. The van der Waals surface area contributed by atoms with E-state index in [-0.39, 0.29) is 0 Å². The zero-order valence-electron chi connectivity index (χ0n) is 13.8. The smallest absolute Gasteiger partial charge is 0.207 e. The van der Waals surface area contributed by atoms with Crippen LogP contribution in [0.2, 0.25) is 0 Å². The number of hydrogen-bond acceptors (Lipinski definition) is 2. The molecule has 1 unspecified atom stereocenters. The summed E-state index contributed by atoms with van der Waals surface area (Å²) >= 11 is 0. The minimum absolute atomic E-state index is 0.752. The standard InChI is InChI=1S/C11H15NO.C6H13N.C2H2/c13-10-12-9-5-4-8-11-6-2-1-3-7-11;1-2-6-4-3-5-7-6;1-2/h1-3,6-7,10H,4-5,8-9H2,(H,12,13);6-7H,2-5H2,1H3;1-2H. The quantitative estimate of drug-likeness (QED) is 0.461. The summed E-state index contributed by atoms with van der Waals surface area (Å²) in [5.74, 6) is 0. The van der Waals surface area contributed by atoms with Crippen molar-refractivity contribution in [3.05, 3.63) is 35.9 Å². The molecule has 1 saturated heterocycles. The molecule has 0 spiro atoms. The molecule has 0 saturated carbocycles. The van der Waals surface area contributed by atoms with Crippen molar-refractivity contribution in [1.82, 2.24) is 10.6 Å². The Labute approximate surface area is 135 Å². The summed E-state index contributed by atoms with van der Waals surface area (Å²) in [6.45, 7) is 4.28. The van der Waals surface area contributed by atoms with Crippen molar-refractivity contribution in [3.63, 3.8) is 0 Å². The van der Waals surface area contributed by atoms with Crippen LogP contribution in [0.5, 0.6) is 0 Å². The molecule has 2 N–H and O–H groups in total. The maximum absolute atomic E-state index is 9.93. The van der Waals surface area contributed by atoms with E-state index in [0.717, 1.165) is 38.3 Å². The van der Waals surface area contributed by atoms with Crippen LogP contribution in [0.4, 0.5) is 0 Å². The maximum atomic E-state index is 9.93. The lowest BCUT2D eigenvalue weighted by Gasteiger charge is -2.02. The van der Waals surface area contributed by atoms with Crippen molar-refractivity contribution in [2.45, 2.75) is 51.5 Å². The van der Waals surface area contributed by atoms with Gasteiger partial charge < -0.3 is 10.6 Å². The normalized spacial score (nSPS) is 15.7. The summed E-state index contributed by atoms with van der Waals surface area (Å²) in [4.78, 5) is 9.93. The number of aryl methyl sites for hydroxylation is 1. The summed E-state index contributed by atoms with van der Waals surface area (Å²) in [7, 11) is 0. The van der Waals surface area contributed by atoms with E-state index in [1.165, 1.54) is 31.4 Å². The molecule has 1 aromatic rings. The molecule has 0 aromatic heterocycles. The van der Waals surface area contributed by atoms with Crippen LogP contribution in [0.25, 0.3) is 0 Å².